The minimum Gasteiger partial charge on any atom is -0.389 e. The molecule has 3 heteroatoms. The Morgan fingerprint density at radius 3 is 2.33 bits per heavy atom. The van der Waals surface area contributed by atoms with Crippen molar-refractivity contribution in [2.45, 2.75) is 53.3 Å². The molecule has 1 N–H and O–H groups in total. The maximum Gasteiger partial charge on any atom is 0.0900 e. The van der Waals surface area contributed by atoms with Crippen LogP contribution in [0.3, 0.4) is 0 Å². The minimum absolute atomic E-state index is 0.393. The Labute approximate surface area is 129 Å². The van der Waals surface area contributed by atoms with E-state index >= 15 is 0 Å². The molecule has 1 atom stereocenters. The van der Waals surface area contributed by atoms with Crippen molar-refractivity contribution in [3.63, 3.8) is 0 Å². The van der Waals surface area contributed by atoms with Crippen LogP contribution in [0.2, 0.25) is 0 Å². The Morgan fingerprint density at radius 1 is 1.10 bits per heavy atom. The van der Waals surface area contributed by atoms with E-state index in [0.29, 0.717) is 31.7 Å². The van der Waals surface area contributed by atoms with Gasteiger partial charge >= 0.3 is 0 Å². The molecule has 0 unspecified atom stereocenters. The Hall–Kier alpha value is -0.900. The van der Waals surface area contributed by atoms with Crippen LogP contribution in [0.15, 0.2) is 24.3 Å². The Morgan fingerprint density at radius 2 is 1.76 bits per heavy atom. The lowest BCUT2D eigenvalue weighted by atomic mass is 10.1. The first-order valence-corrected chi connectivity index (χ1v) is 7.94. The van der Waals surface area contributed by atoms with E-state index in [-0.39, 0.29) is 0 Å². The SMILES string of the molecule is Cc1ccccc1CN(C[C@@H](O)COCC(C)C)C(C)C. The summed E-state index contributed by atoms with van der Waals surface area (Å²) in [6.07, 6.45) is -0.435. The fourth-order valence-electron chi connectivity index (χ4n) is 2.23. The van der Waals surface area contributed by atoms with Crippen molar-refractivity contribution >= 4 is 0 Å². The molecule has 0 aliphatic carbocycles. The molecule has 0 aliphatic rings. The van der Waals surface area contributed by atoms with Crippen LogP contribution in [0.1, 0.15) is 38.8 Å². The molecular formula is C18H31NO2. The molecule has 0 saturated carbocycles. The van der Waals surface area contributed by atoms with E-state index < -0.39 is 6.10 Å². The van der Waals surface area contributed by atoms with Crippen molar-refractivity contribution in [1.29, 1.82) is 0 Å². The van der Waals surface area contributed by atoms with Crippen LogP contribution in [0.5, 0.6) is 0 Å². The highest BCUT2D eigenvalue weighted by Gasteiger charge is 2.16. The van der Waals surface area contributed by atoms with Crippen LogP contribution in [0, 0.1) is 12.8 Å². The number of nitrogens with zero attached hydrogens (tertiary/aromatic N) is 1. The van der Waals surface area contributed by atoms with Gasteiger partial charge in [0.15, 0.2) is 0 Å². The maximum absolute atomic E-state index is 10.2. The number of benzene rings is 1. The van der Waals surface area contributed by atoms with Crippen molar-refractivity contribution in [3.8, 4) is 0 Å². The summed E-state index contributed by atoms with van der Waals surface area (Å²) in [6.45, 7) is 13.3. The van der Waals surface area contributed by atoms with Gasteiger partial charge in [0.2, 0.25) is 0 Å². The predicted molar refractivity (Wildman–Crippen MR) is 88.4 cm³/mol. The Kier molecular flexibility index (Phi) is 7.94. The quantitative estimate of drug-likeness (QED) is 0.758. The second-order valence-electron chi connectivity index (χ2n) is 6.53. The van der Waals surface area contributed by atoms with Crippen LogP contribution in [0.25, 0.3) is 0 Å². The van der Waals surface area contributed by atoms with Crippen LogP contribution >= 0.6 is 0 Å². The number of hydrogen-bond donors (Lipinski definition) is 1. The van der Waals surface area contributed by atoms with Gasteiger partial charge in [-0.2, -0.15) is 0 Å². The maximum atomic E-state index is 10.2. The molecule has 1 rings (SSSR count). The number of hydrogen-bond acceptors (Lipinski definition) is 3. The third kappa shape index (κ3) is 7.07. The zero-order valence-corrected chi connectivity index (χ0v) is 14.2. The normalized spacial score (nSPS) is 13.4. The first kappa shape index (κ1) is 18.1. The highest BCUT2D eigenvalue weighted by molar-refractivity contribution is 5.25. The molecule has 0 aromatic heterocycles. The largest absolute Gasteiger partial charge is 0.389 e. The fraction of sp³-hybridized carbons (Fsp3) is 0.667. The smallest absolute Gasteiger partial charge is 0.0900 e. The summed E-state index contributed by atoms with van der Waals surface area (Å²) in [5, 5.41) is 10.2. The van der Waals surface area contributed by atoms with Crippen LogP contribution < -0.4 is 0 Å². The molecule has 1 aromatic carbocycles. The van der Waals surface area contributed by atoms with Gasteiger partial charge in [-0.1, -0.05) is 38.1 Å². The molecule has 0 spiro atoms. The number of aryl methyl sites for hydroxylation is 1. The zero-order chi connectivity index (χ0) is 15.8. The summed E-state index contributed by atoms with van der Waals surface area (Å²) in [5.74, 6) is 0.505. The van der Waals surface area contributed by atoms with Gasteiger partial charge in [-0.05, 0) is 37.8 Å². The molecule has 3 nitrogen and oxygen atoms in total. The molecule has 21 heavy (non-hydrogen) atoms. The van der Waals surface area contributed by atoms with Crippen LogP contribution in [-0.2, 0) is 11.3 Å². The number of aliphatic hydroxyl groups is 1. The summed E-state index contributed by atoms with van der Waals surface area (Å²) in [4.78, 5) is 2.30. The lowest BCUT2D eigenvalue weighted by molar-refractivity contribution is 0.00171. The summed E-state index contributed by atoms with van der Waals surface area (Å²) in [7, 11) is 0. The lowest BCUT2D eigenvalue weighted by Crippen LogP contribution is -2.39. The second-order valence-corrected chi connectivity index (χ2v) is 6.53. The van der Waals surface area contributed by atoms with E-state index in [9.17, 15) is 5.11 Å². The lowest BCUT2D eigenvalue weighted by Gasteiger charge is -2.29. The van der Waals surface area contributed by atoms with Crippen LogP contribution in [0.4, 0.5) is 0 Å². The Balaban J connectivity index is 2.52. The number of aliphatic hydroxyl groups excluding tert-OH is 1. The van der Waals surface area contributed by atoms with E-state index in [1.54, 1.807) is 0 Å². The van der Waals surface area contributed by atoms with E-state index in [1.165, 1.54) is 11.1 Å². The molecule has 0 bridgehead atoms. The molecule has 0 saturated heterocycles. The average molecular weight is 293 g/mol. The molecular weight excluding hydrogens is 262 g/mol. The highest BCUT2D eigenvalue weighted by Crippen LogP contribution is 2.13. The molecule has 120 valence electrons. The summed E-state index contributed by atoms with van der Waals surface area (Å²) >= 11 is 0. The topological polar surface area (TPSA) is 32.7 Å². The summed E-state index contributed by atoms with van der Waals surface area (Å²) in [6, 6.07) is 8.82. The molecule has 0 amide bonds. The second kappa shape index (κ2) is 9.19. The minimum atomic E-state index is -0.435. The zero-order valence-electron chi connectivity index (χ0n) is 14.2. The summed E-state index contributed by atoms with van der Waals surface area (Å²) < 4.78 is 5.53. The average Bonchev–Trinajstić information content (AvgIpc) is 2.39. The van der Waals surface area contributed by atoms with E-state index in [1.807, 2.05) is 0 Å². The molecule has 0 aliphatic heterocycles. The first-order chi connectivity index (χ1) is 9.90. The van der Waals surface area contributed by atoms with Gasteiger partial charge in [0.05, 0.1) is 12.7 Å². The van der Waals surface area contributed by atoms with Gasteiger partial charge in [0.1, 0.15) is 0 Å². The van der Waals surface area contributed by atoms with Gasteiger partial charge < -0.3 is 9.84 Å². The molecule has 1 aromatic rings. The van der Waals surface area contributed by atoms with E-state index in [2.05, 4.69) is 63.8 Å². The number of ether oxygens (including phenoxy) is 1. The summed E-state index contributed by atoms with van der Waals surface area (Å²) in [5.41, 5.74) is 2.62. The highest BCUT2D eigenvalue weighted by atomic mass is 16.5. The van der Waals surface area contributed by atoms with Crippen molar-refractivity contribution in [1.82, 2.24) is 4.90 Å². The molecule has 0 radical (unpaired) electrons. The third-order valence-corrected chi connectivity index (χ3v) is 3.57. The molecule has 0 fully saturated rings. The Bertz CT molecular complexity index is 404. The standard InChI is InChI=1S/C18H31NO2/c1-14(2)12-21-13-18(20)11-19(15(3)4)10-17-9-7-6-8-16(17)5/h6-9,14-15,18,20H,10-13H2,1-5H3/t18-/m1/s1. The van der Waals surface area contributed by atoms with Crippen molar-refractivity contribution < 1.29 is 9.84 Å². The van der Waals surface area contributed by atoms with Gasteiger partial charge in [0, 0.05) is 25.7 Å². The van der Waals surface area contributed by atoms with E-state index in [0.717, 1.165) is 6.54 Å². The van der Waals surface area contributed by atoms with Gasteiger partial charge in [0.25, 0.3) is 0 Å². The monoisotopic (exact) mass is 293 g/mol. The van der Waals surface area contributed by atoms with Crippen molar-refractivity contribution in [2.75, 3.05) is 19.8 Å². The number of rotatable bonds is 9. The van der Waals surface area contributed by atoms with E-state index in [4.69, 9.17) is 4.74 Å². The van der Waals surface area contributed by atoms with Gasteiger partial charge in [-0.15, -0.1) is 0 Å². The first-order valence-electron chi connectivity index (χ1n) is 7.94. The molecule has 0 heterocycles. The fourth-order valence-corrected chi connectivity index (χ4v) is 2.23. The van der Waals surface area contributed by atoms with Crippen LogP contribution in [-0.4, -0.2) is 41.9 Å². The van der Waals surface area contributed by atoms with Crippen molar-refractivity contribution in [3.05, 3.63) is 35.4 Å². The van der Waals surface area contributed by atoms with Crippen molar-refractivity contribution in [2.24, 2.45) is 5.92 Å². The predicted octanol–water partition coefficient (Wildman–Crippen LogP) is 3.24. The third-order valence-electron chi connectivity index (χ3n) is 3.57. The van der Waals surface area contributed by atoms with Gasteiger partial charge in [-0.3, -0.25) is 4.90 Å². The van der Waals surface area contributed by atoms with Gasteiger partial charge in [-0.25, -0.2) is 0 Å².